The molecule has 0 aromatic carbocycles. The van der Waals surface area contributed by atoms with Gasteiger partial charge in [-0.25, -0.2) is 0 Å². The maximum atomic E-state index is 7.65. The Morgan fingerprint density at radius 1 is 1.29 bits per heavy atom. The summed E-state index contributed by atoms with van der Waals surface area (Å²) in [7, 11) is 0. The Bertz CT molecular complexity index is 500. The standard InChI is InChI=1S/C17H26N2O2/c1-2-12-20-15(3-1)21-13-16-5-8-17(9-6-16,10-7-16)14-4-11-18-19-14/h4,11,15H,1-3,5-10,12-13H2,(H,18,19)/i11D. The summed E-state index contributed by atoms with van der Waals surface area (Å²) in [6, 6.07) is 1.92. The summed E-state index contributed by atoms with van der Waals surface area (Å²) in [6.07, 6.45) is 11.1. The molecule has 5 rings (SSSR count). The fourth-order valence-electron chi connectivity index (χ4n) is 4.49. The van der Waals surface area contributed by atoms with E-state index in [-0.39, 0.29) is 11.7 Å². The number of aromatic amines is 1. The van der Waals surface area contributed by atoms with Crippen molar-refractivity contribution < 1.29 is 10.8 Å². The van der Waals surface area contributed by atoms with Gasteiger partial charge in [0, 0.05) is 23.9 Å². The number of fused-ring (bicyclic) bond motifs is 3. The Hall–Kier alpha value is -0.870. The molecule has 1 N–H and O–H groups in total. The molecular formula is C17H26N2O2. The lowest BCUT2D eigenvalue weighted by atomic mass is 9.53. The number of ether oxygens (including phenoxy) is 2. The highest BCUT2D eigenvalue weighted by Crippen LogP contribution is 2.57. The zero-order valence-corrected chi connectivity index (χ0v) is 12.7. The first-order chi connectivity index (χ1) is 10.7. The van der Waals surface area contributed by atoms with Crippen LogP contribution in [0.25, 0.3) is 0 Å². The SMILES string of the molecule is [2H]c1cc(C23CCC(COC4CCCCO4)(CC2)CC3)[nH]n1. The summed E-state index contributed by atoms with van der Waals surface area (Å²) in [4.78, 5) is 0. The van der Waals surface area contributed by atoms with E-state index in [1.807, 2.05) is 6.07 Å². The molecule has 4 nitrogen and oxygen atoms in total. The zero-order chi connectivity index (χ0) is 15.0. The summed E-state index contributed by atoms with van der Waals surface area (Å²) < 4.78 is 19.5. The normalized spacial score (nSPS) is 40.2. The second kappa shape index (κ2) is 5.40. The minimum Gasteiger partial charge on any atom is -0.353 e. The van der Waals surface area contributed by atoms with Crippen molar-refractivity contribution in [3.8, 4) is 0 Å². The predicted octanol–water partition coefficient (Wildman–Crippen LogP) is 3.54. The maximum Gasteiger partial charge on any atom is 0.157 e. The number of aromatic nitrogens is 2. The van der Waals surface area contributed by atoms with Crippen molar-refractivity contribution in [1.29, 1.82) is 0 Å². The predicted molar refractivity (Wildman–Crippen MR) is 79.9 cm³/mol. The molecule has 0 radical (unpaired) electrons. The lowest BCUT2D eigenvalue weighted by Gasteiger charge is -2.53. The van der Waals surface area contributed by atoms with E-state index in [1.54, 1.807) is 0 Å². The van der Waals surface area contributed by atoms with E-state index in [4.69, 9.17) is 10.8 Å². The van der Waals surface area contributed by atoms with Crippen LogP contribution >= 0.6 is 0 Å². The molecule has 2 heterocycles. The third-order valence-electron chi connectivity index (χ3n) is 6.14. The number of hydrogen-bond donors (Lipinski definition) is 1. The molecule has 4 heteroatoms. The van der Waals surface area contributed by atoms with Crippen LogP contribution in [0.2, 0.25) is 0 Å². The van der Waals surface area contributed by atoms with Crippen molar-refractivity contribution in [3.05, 3.63) is 17.9 Å². The fraction of sp³-hybridized carbons (Fsp3) is 0.824. The molecule has 0 amide bonds. The average Bonchev–Trinajstić information content (AvgIpc) is 3.03. The smallest absolute Gasteiger partial charge is 0.157 e. The van der Waals surface area contributed by atoms with Crippen LogP contribution in [-0.2, 0) is 14.9 Å². The van der Waals surface area contributed by atoms with Crippen molar-refractivity contribution >= 4 is 0 Å². The van der Waals surface area contributed by atoms with Gasteiger partial charge >= 0.3 is 0 Å². The Kier molecular flexibility index (Phi) is 3.25. The van der Waals surface area contributed by atoms with Gasteiger partial charge in [-0.15, -0.1) is 0 Å². The van der Waals surface area contributed by atoms with Crippen molar-refractivity contribution in [2.75, 3.05) is 13.2 Å². The van der Waals surface area contributed by atoms with Crippen LogP contribution in [0.5, 0.6) is 0 Å². The first kappa shape index (κ1) is 12.7. The van der Waals surface area contributed by atoms with Crippen LogP contribution in [0, 0.1) is 5.41 Å². The summed E-state index contributed by atoms with van der Waals surface area (Å²) in [5.41, 5.74) is 1.80. The van der Waals surface area contributed by atoms with Gasteiger partial charge in [0.1, 0.15) is 0 Å². The molecule has 2 bridgehead atoms. The van der Waals surface area contributed by atoms with Crippen LogP contribution in [-0.4, -0.2) is 29.7 Å². The van der Waals surface area contributed by atoms with E-state index >= 15 is 0 Å². The van der Waals surface area contributed by atoms with Gasteiger partial charge in [-0.05, 0) is 69.3 Å². The van der Waals surface area contributed by atoms with Crippen LogP contribution in [0.4, 0.5) is 0 Å². The van der Waals surface area contributed by atoms with Crippen LogP contribution < -0.4 is 0 Å². The van der Waals surface area contributed by atoms with Crippen LogP contribution in [0.15, 0.2) is 12.2 Å². The average molecular weight is 291 g/mol. The molecule has 1 aromatic rings. The number of hydrogen-bond acceptors (Lipinski definition) is 3. The van der Waals surface area contributed by atoms with Gasteiger partial charge < -0.3 is 9.47 Å². The molecule has 4 fully saturated rings. The van der Waals surface area contributed by atoms with Crippen LogP contribution in [0.1, 0.15) is 64.9 Å². The maximum absolute atomic E-state index is 7.65. The number of H-pyrrole nitrogens is 1. The third-order valence-corrected chi connectivity index (χ3v) is 6.14. The van der Waals surface area contributed by atoms with E-state index in [0.717, 1.165) is 19.6 Å². The minimum absolute atomic E-state index is 0.0372. The number of nitrogens with zero attached hydrogens (tertiary/aromatic N) is 1. The van der Waals surface area contributed by atoms with Gasteiger partial charge in [0.25, 0.3) is 0 Å². The highest BCUT2D eigenvalue weighted by Gasteiger charge is 2.50. The van der Waals surface area contributed by atoms with Crippen LogP contribution in [0.3, 0.4) is 0 Å². The first-order valence-electron chi connectivity index (χ1n) is 8.96. The van der Waals surface area contributed by atoms with Gasteiger partial charge in [-0.2, -0.15) is 5.10 Å². The second-order valence-electron chi connectivity index (χ2n) is 7.30. The molecule has 1 atom stereocenters. The molecule has 1 aliphatic heterocycles. The molecule has 4 aliphatic rings. The third kappa shape index (κ3) is 2.53. The monoisotopic (exact) mass is 291 g/mol. The van der Waals surface area contributed by atoms with Gasteiger partial charge in [-0.1, -0.05) is 0 Å². The minimum atomic E-state index is 0.0372. The van der Waals surface area contributed by atoms with E-state index in [0.29, 0.717) is 11.6 Å². The van der Waals surface area contributed by atoms with Crippen molar-refractivity contribution in [1.82, 2.24) is 10.2 Å². The fourth-order valence-corrected chi connectivity index (χ4v) is 4.49. The van der Waals surface area contributed by atoms with Gasteiger partial charge in [-0.3, -0.25) is 5.10 Å². The van der Waals surface area contributed by atoms with Crippen molar-refractivity contribution in [3.63, 3.8) is 0 Å². The van der Waals surface area contributed by atoms with E-state index < -0.39 is 0 Å². The van der Waals surface area contributed by atoms with E-state index in [9.17, 15) is 0 Å². The lowest BCUT2D eigenvalue weighted by Crippen LogP contribution is -2.47. The summed E-state index contributed by atoms with van der Waals surface area (Å²) in [5, 5.41) is 7.12. The molecule has 116 valence electrons. The molecule has 3 saturated carbocycles. The van der Waals surface area contributed by atoms with Crippen molar-refractivity contribution in [2.24, 2.45) is 5.41 Å². The van der Waals surface area contributed by atoms with Crippen molar-refractivity contribution in [2.45, 2.75) is 69.5 Å². The summed E-state index contributed by atoms with van der Waals surface area (Å²) in [5.74, 6) is 0. The molecule has 3 aliphatic carbocycles. The van der Waals surface area contributed by atoms with E-state index in [1.165, 1.54) is 57.1 Å². The second-order valence-corrected chi connectivity index (χ2v) is 7.30. The van der Waals surface area contributed by atoms with Gasteiger partial charge in [0.15, 0.2) is 6.29 Å². The molecule has 1 saturated heterocycles. The topological polar surface area (TPSA) is 47.1 Å². The highest BCUT2D eigenvalue weighted by atomic mass is 16.7. The molecule has 0 spiro atoms. The Balaban J connectivity index is 1.37. The first-order valence-corrected chi connectivity index (χ1v) is 8.46. The Morgan fingerprint density at radius 2 is 2.10 bits per heavy atom. The highest BCUT2D eigenvalue weighted by molar-refractivity contribution is 5.20. The van der Waals surface area contributed by atoms with Gasteiger partial charge in [0.05, 0.1) is 7.98 Å². The molecule has 21 heavy (non-hydrogen) atoms. The Labute approximate surface area is 128 Å². The van der Waals surface area contributed by atoms with Gasteiger partial charge in [0.2, 0.25) is 0 Å². The summed E-state index contributed by atoms with van der Waals surface area (Å²) >= 11 is 0. The largest absolute Gasteiger partial charge is 0.353 e. The number of rotatable bonds is 4. The quantitative estimate of drug-likeness (QED) is 0.923. The molecule has 1 unspecified atom stereocenters. The molecular weight excluding hydrogens is 264 g/mol. The summed E-state index contributed by atoms with van der Waals surface area (Å²) in [6.45, 7) is 1.72. The Morgan fingerprint density at radius 3 is 2.71 bits per heavy atom. The lowest BCUT2D eigenvalue weighted by molar-refractivity contribution is -0.188. The molecule has 1 aromatic heterocycles. The van der Waals surface area contributed by atoms with E-state index in [2.05, 4.69) is 10.2 Å². The number of nitrogens with one attached hydrogen (secondary N) is 1. The zero-order valence-electron chi connectivity index (χ0n) is 13.7.